The van der Waals surface area contributed by atoms with Crippen LogP contribution < -0.4 is 20.9 Å². The number of nitrogen functional groups attached to an aromatic ring is 2. The molecule has 0 saturated heterocycles. The molecule has 140 valence electrons. The number of hydrogen-bond acceptors (Lipinski definition) is 4. The fraction of sp³-hybridized carbons (Fsp3) is 0.217. The molecular formula is C23H26N2O2. The lowest BCUT2D eigenvalue weighted by Crippen LogP contribution is -2.01. The molecule has 4 N–H and O–H groups in total. The Morgan fingerprint density at radius 3 is 2.15 bits per heavy atom. The van der Waals surface area contributed by atoms with Gasteiger partial charge in [-0.3, -0.25) is 0 Å². The van der Waals surface area contributed by atoms with Crippen LogP contribution in [0.4, 0.5) is 11.4 Å². The minimum atomic E-state index is 0.432. The molecule has 0 heterocycles. The Morgan fingerprint density at radius 2 is 1.48 bits per heavy atom. The molecule has 3 aromatic rings. The summed E-state index contributed by atoms with van der Waals surface area (Å²) >= 11 is 0. The van der Waals surface area contributed by atoms with Crippen molar-refractivity contribution in [3.05, 3.63) is 77.9 Å². The van der Waals surface area contributed by atoms with Crippen molar-refractivity contribution >= 4 is 11.4 Å². The summed E-state index contributed by atoms with van der Waals surface area (Å²) in [6.07, 6.45) is 1.11. The van der Waals surface area contributed by atoms with E-state index in [-0.39, 0.29) is 0 Å². The van der Waals surface area contributed by atoms with E-state index in [2.05, 4.69) is 26.0 Å². The number of ether oxygens (including phenoxy) is 2. The quantitative estimate of drug-likeness (QED) is 0.526. The summed E-state index contributed by atoms with van der Waals surface area (Å²) in [4.78, 5) is 0. The molecule has 3 aromatic carbocycles. The molecule has 4 heteroatoms. The molecule has 0 fully saturated rings. The third-order valence-corrected chi connectivity index (χ3v) is 4.67. The molecular weight excluding hydrogens is 336 g/mol. The van der Waals surface area contributed by atoms with Crippen LogP contribution in [0.15, 0.2) is 66.7 Å². The van der Waals surface area contributed by atoms with Crippen molar-refractivity contribution in [2.24, 2.45) is 0 Å². The zero-order chi connectivity index (χ0) is 19.2. The van der Waals surface area contributed by atoms with Crippen molar-refractivity contribution in [3.63, 3.8) is 0 Å². The van der Waals surface area contributed by atoms with Crippen molar-refractivity contribution in [3.8, 4) is 17.2 Å². The van der Waals surface area contributed by atoms with Crippen LogP contribution in [0.1, 0.15) is 37.3 Å². The maximum absolute atomic E-state index is 6.15. The van der Waals surface area contributed by atoms with Gasteiger partial charge in [-0.1, -0.05) is 56.3 Å². The molecule has 27 heavy (non-hydrogen) atoms. The second-order valence-electron chi connectivity index (χ2n) is 6.68. The summed E-state index contributed by atoms with van der Waals surface area (Å²) in [7, 11) is 0. The third kappa shape index (κ3) is 4.73. The molecule has 0 amide bonds. The monoisotopic (exact) mass is 362 g/mol. The number of hydrogen-bond donors (Lipinski definition) is 2. The summed E-state index contributed by atoms with van der Waals surface area (Å²) in [6.45, 7) is 4.82. The number of nitrogens with two attached hydrogens (primary N) is 2. The normalized spacial score (nSPS) is 11.8. The van der Waals surface area contributed by atoms with Crippen LogP contribution in [0.2, 0.25) is 0 Å². The molecule has 1 unspecified atom stereocenters. The average Bonchev–Trinajstić information content (AvgIpc) is 2.70. The molecule has 4 nitrogen and oxygen atoms in total. The second-order valence-corrected chi connectivity index (χ2v) is 6.68. The standard InChI is InChI=1S/C23H26N2O2/c1-3-16(2)18-9-11-19(12-10-18)27-23-14-20(24)22(13-21(23)25)26-15-17-7-5-4-6-8-17/h4-14,16H,3,15,24-25H2,1-2H3. The molecule has 0 radical (unpaired) electrons. The molecule has 1 atom stereocenters. The van der Waals surface area contributed by atoms with Crippen LogP contribution in [0, 0.1) is 0 Å². The van der Waals surface area contributed by atoms with E-state index in [0.717, 1.165) is 17.7 Å². The topological polar surface area (TPSA) is 70.5 Å². The van der Waals surface area contributed by atoms with E-state index in [0.29, 0.717) is 35.4 Å². The van der Waals surface area contributed by atoms with Crippen molar-refractivity contribution in [1.29, 1.82) is 0 Å². The minimum absolute atomic E-state index is 0.432. The summed E-state index contributed by atoms with van der Waals surface area (Å²) < 4.78 is 11.7. The lowest BCUT2D eigenvalue weighted by Gasteiger charge is -2.14. The maximum atomic E-state index is 6.15. The van der Waals surface area contributed by atoms with Gasteiger partial charge < -0.3 is 20.9 Å². The Hall–Kier alpha value is -3.14. The Morgan fingerprint density at radius 1 is 0.852 bits per heavy atom. The Bertz CT molecular complexity index is 877. The van der Waals surface area contributed by atoms with Crippen molar-refractivity contribution in [2.75, 3.05) is 11.5 Å². The summed E-state index contributed by atoms with van der Waals surface area (Å²) in [6, 6.07) is 21.4. The van der Waals surface area contributed by atoms with E-state index in [1.165, 1.54) is 5.56 Å². The van der Waals surface area contributed by atoms with Crippen LogP contribution in [-0.4, -0.2) is 0 Å². The second kappa shape index (κ2) is 8.49. The SMILES string of the molecule is CCC(C)c1ccc(Oc2cc(N)c(OCc3ccccc3)cc2N)cc1. The van der Waals surface area contributed by atoms with Gasteiger partial charge >= 0.3 is 0 Å². The number of rotatable bonds is 7. The van der Waals surface area contributed by atoms with Crippen LogP contribution in [0.3, 0.4) is 0 Å². The van der Waals surface area contributed by atoms with Gasteiger partial charge in [0.2, 0.25) is 0 Å². The van der Waals surface area contributed by atoms with Crippen LogP contribution in [0.25, 0.3) is 0 Å². The first kappa shape index (κ1) is 18.6. The predicted octanol–water partition coefficient (Wildman–Crippen LogP) is 5.74. The maximum Gasteiger partial charge on any atom is 0.152 e. The van der Waals surface area contributed by atoms with E-state index in [4.69, 9.17) is 20.9 Å². The van der Waals surface area contributed by atoms with Gasteiger partial charge in [-0.05, 0) is 35.6 Å². The third-order valence-electron chi connectivity index (χ3n) is 4.67. The van der Waals surface area contributed by atoms with Crippen molar-refractivity contribution < 1.29 is 9.47 Å². The highest BCUT2D eigenvalue weighted by molar-refractivity contribution is 5.68. The van der Waals surface area contributed by atoms with Gasteiger partial charge in [-0.2, -0.15) is 0 Å². The summed E-state index contributed by atoms with van der Waals surface area (Å²) in [5, 5.41) is 0. The largest absolute Gasteiger partial charge is 0.487 e. The van der Waals surface area contributed by atoms with Gasteiger partial charge in [-0.15, -0.1) is 0 Å². The first-order chi connectivity index (χ1) is 13.1. The molecule has 0 aliphatic heterocycles. The van der Waals surface area contributed by atoms with Gasteiger partial charge in [-0.25, -0.2) is 0 Å². The molecule has 0 aliphatic carbocycles. The van der Waals surface area contributed by atoms with E-state index in [1.807, 2.05) is 42.5 Å². The number of benzene rings is 3. The van der Waals surface area contributed by atoms with Crippen molar-refractivity contribution in [1.82, 2.24) is 0 Å². The van der Waals surface area contributed by atoms with Gasteiger partial charge in [0, 0.05) is 12.1 Å². The first-order valence-electron chi connectivity index (χ1n) is 9.20. The molecule has 0 spiro atoms. The zero-order valence-corrected chi connectivity index (χ0v) is 15.8. The van der Waals surface area contributed by atoms with Gasteiger partial charge in [0.1, 0.15) is 18.1 Å². The highest BCUT2D eigenvalue weighted by Crippen LogP contribution is 2.36. The van der Waals surface area contributed by atoms with Gasteiger partial charge in [0.05, 0.1) is 11.4 Å². The van der Waals surface area contributed by atoms with E-state index in [9.17, 15) is 0 Å². The lowest BCUT2D eigenvalue weighted by atomic mass is 9.99. The van der Waals surface area contributed by atoms with Gasteiger partial charge in [0.25, 0.3) is 0 Å². The van der Waals surface area contributed by atoms with Crippen LogP contribution in [0.5, 0.6) is 17.2 Å². The predicted molar refractivity (Wildman–Crippen MR) is 111 cm³/mol. The lowest BCUT2D eigenvalue weighted by molar-refractivity contribution is 0.308. The fourth-order valence-corrected chi connectivity index (χ4v) is 2.77. The van der Waals surface area contributed by atoms with Crippen LogP contribution in [-0.2, 0) is 6.61 Å². The van der Waals surface area contributed by atoms with E-state index >= 15 is 0 Å². The molecule has 0 bridgehead atoms. The van der Waals surface area contributed by atoms with E-state index < -0.39 is 0 Å². The zero-order valence-electron chi connectivity index (χ0n) is 15.8. The summed E-state index contributed by atoms with van der Waals surface area (Å²) in [5.41, 5.74) is 15.6. The highest BCUT2D eigenvalue weighted by Gasteiger charge is 2.10. The molecule has 3 rings (SSSR count). The van der Waals surface area contributed by atoms with Crippen LogP contribution >= 0.6 is 0 Å². The summed E-state index contributed by atoms with van der Waals surface area (Å²) in [5.74, 6) is 2.33. The first-order valence-corrected chi connectivity index (χ1v) is 9.20. The minimum Gasteiger partial charge on any atom is -0.487 e. The molecule has 0 aromatic heterocycles. The number of anilines is 2. The van der Waals surface area contributed by atoms with E-state index in [1.54, 1.807) is 12.1 Å². The Kier molecular flexibility index (Phi) is 5.87. The highest BCUT2D eigenvalue weighted by atomic mass is 16.5. The smallest absolute Gasteiger partial charge is 0.152 e. The molecule has 0 saturated carbocycles. The van der Waals surface area contributed by atoms with Crippen molar-refractivity contribution in [2.45, 2.75) is 32.8 Å². The molecule has 0 aliphatic rings. The van der Waals surface area contributed by atoms with Gasteiger partial charge in [0.15, 0.2) is 5.75 Å². The Balaban J connectivity index is 1.70. The fourth-order valence-electron chi connectivity index (χ4n) is 2.77. The average molecular weight is 362 g/mol. The Labute approximate surface area is 160 Å².